The summed E-state index contributed by atoms with van der Waals surface area (Å²) in [7, 11) is 0.972. The van der Waals surface area contributed by atoms with E-state index in [-0.39, 0.29) is 42.5 Å². The van der Waals surface area contributed by atoms with E-state index >= 15 is 0 Å². The van der Waals surface area contributed by atoms with Crippen molar-refractivity contribution in [1.29, 1.82) is 5.26 Å². The standard InChI is InChI=1S/C23H26N4O5S/c1-26-21-7-5-4-6-20(21)25-23(26)19(16-24)22(28)17-8-10-18(11-9-17)33(29,30)27(12-14-31-2)13-15-32-3/h4-11,28H,12-15H2,1-3H3. The number of aromatic nitrogens is 2. The van der Waals surface area contributed by atoms with Crippen molar-refractivity contribution >= 4 is 32.4 Å². The number of nitriles is 1. The lowest BCUT2D eigenvalue weighted by Crippen LogP contribution is -2.36. The maximum absolute atomic E-state index is 13.1. The smallest absolute Gasteiger partial charge is 0.243 e. The van der Waals surface area contributed by atoms with E-state index in [0.717, 1.165) is 5.52 Å². The minimum atomic E-state index is -3.80. The van der Waals surface area contributed by atoms with Gasteiger partial charge in [-0.15, -0.1) is 0 Å². The van der Waals surface area contributed by atoms with E-state index < -0.39 is 10.0 Å². The zero-order valence-corrected chi connectivity index (χ0v) is 19.5. The number of sulfonamides is 1. The Morgan fingerprint density at radius 3 is 2.24 bits per heavy atom. The van der Waals surface area contributed by atoms with Crippen molar-refractivity contribution in [1.82, 2.24) is 13.9 Å². The van der Waals surface area contributed by atoms with Gasteiger partial charge in [-0.1, -0.05) is 12.1 Å². The minimum Gasteiger partial charge on any atom is -0.506 e. The molecule has 0 bridgehead atoms. The first-order valence-corrected chi connectivity index (χ1v) is 11.6. The van der Waals surface area contributed by atoms with Crippen LogP contribution < -0.4 is 0 Å². The monoisotopic (exact) mass is 470 g/mol. The van der Waals surface area contributed by atoms with Gasteiger partial charge >= 0.3 is 0 Å². The lowest BCUT2D eigenvalue weighted by molar-refractivity contribution is 0.150. The molecule has 0 amide bonds. The Hall–Kier alpha value is -3.23. The van der Waals surface area contributed by atoms with E-state index in [1.807, 2.05) is 30.3 Å². The Kier molecular flexibility index (Phi) is 7.84. The van der Waals surface area contributed by atoms with Gasteiger partial charge in [-0.3, -0.25) is 0 Å². The largest absolute Gasteiger partial charge is 0.506 e. The lowest BCUT2D eigenvalue weighted by atomic mass is 10.1. The third-order valence-corrected chi connectivity index (χ3v) is 7.13. The summed E-state index contributed by atoms with van der Waals surface area (Å²) in [5, 5.41) is 20.6. The third-order valence-electron chi connectivity index (χ3n) is 5.21. The molecule has 0 saturated heterocycles. The van der Waals surface area contributed by atoms with Crippen LogP contribution in [0.3, 0.4) is 0 Å². The Bertz CT molecular complexity index is 1280. The molecule has 3 aromatic rings. The van der Waals surface area contributed by atoms with Crippen LogP contribution in [-0.2, 0) is 26.5 Å². The van der Waals surface area contributed by atoms with Gasteiger partial charge in [0.2, 0.25) is 10.0 Å². The molecule has 3 rings (SSSR count). The average Bonchev–Trinajstić information content (AvgIpc) is 3.16. The first-order chi connectivity index (χ1) is 15.8. The lowest BCUT2D eigenvalue weighted by Gasteiger charge is -2.21. The molecular formula is C23H26N4O5S. The summed E-state index contributed by atoms with van der Waals surface area (Å²) in [6.45, 7) is 0.850. The van der Waals surface area contributed by atoms with Crippen LogP contribution in [0.2, 0.25) is 0 Å². The molecule has 0 spiro atoms. The Labute approximate surface area is 193 Å². The molecule has 0 atom stereocenters. The summed E-state index contributed by atoms with van der Waals surface area (Å²) in [5.74, 6) is 0.0358. The van der Waals surface area contributed by atoms with E-state index in [9.17, 15) is 18.8 Å². The molecule has 174 valence electrons. The zero-order chi connectivity index (χ0) is 24.0. The van der Waals surface area contributed by atoms with E-state index in [1.165, 1.54) is 42.8 Å². The fourth-order valence-corrected chi connectivity index (χ4v) is 4.80. The highest BCUT2D eigenvalue weighted by molar-refractivity contribution is 7.89. The van der Waals surface area contributed by atoms with E-state index in [4.69, 9.17) is 9.47 Å². The molecule has 33 heavy (non-hydrogen) atoms. The number of benzene rings is 2. The van der Waals surface area contributed by atoms with Crippen molar-refractivity contribution in [2.45, 2.75) is 4.90 Å². The number of rotatable bonds is 10. The van der Waals surface area contributed by atoms with Crippen molar-refractivity contribution in [3.8, 4) is 6.07 Å². The predicted molar refractivity (Wildman–Crippen MR) is 125 cm³/mol. The number of para-hydroxylation sites is 2. The summed E-state index contributed by atoms with van der Waals surface area (Å²) < 4.78 is 39.2. The van der Waals surface area contributed by atoms with Gasteiger partial charge < -0.3 is 19.1 Å². The number of allylic oxidation sites excluding steroid dienone is 1. The first kappa shape index (κ1) is 24.4. The van der Waals surface area contributed by atoms with Crippen LogP contribution in [0, 0.1) is 11.3 Å². The quantitative estimate of drug-likeness (QED) is 0.358. The fraction of sp³-hybridized carbons (Fsp3) is 0.304. The summed E-state index contributed by atoms with van der Waals surface area (Å²) >= 11 is 0. The second-order valence-electron chi connectivity index (χ2n) is 7.23. The van der Waals surface area contributed by atoms with Gasteiger partial charge in [-0.2, -0.15) is 9.57 Å². The number of aryl methyl sites for hydroxylation is 1. The SMILES string of the molecule is COCCN(CCOC)S(=O)(=O)c1ccc(C(O)=C(C#N)c2nc3ccccc3n2C)cc1. The van der Waals surface area contributed by atoms with Gasteiger partial charge in [0.25, 0.3) is 0 Å². The highest BCUT2D eigenvalue weighted by Gasteiger charge is 2.24. The molecule has 1 aromatic heterocycles. The van der Waals surface area contributed by atoms with E-state index in [2.05, 4.69) is 4.98 Å². The number of aliphatic hydroxyl groups excluding tert-OH is 1. The van der Waals surface area contributed by atoms with Gasteiger partial charge in [0.05, 0.1) is 29.1 Å². The third kappa shape index (κ3) is 5.07. The molecule has 0 fully saturated rings. The van der Waals surface area contributed by atoms with Gasteiger partial charge in [-0.05, 0) is 36.4 Å². The van der Waals surface area contributed by atoms with Crippen LogP contribution in [0.25, 0.3) is 22.4 Å². The number of aliphatic hydroxyl groups is 1. The van der Waals surface area contributed by atoms with Crippen LogP contribution in [-0.4, -0.2) is 67.9 Å². The molecule has 0 unspecified atom stereocenters. The van der Waals surface area contributed by atoms with Crippen LogP contribution >= 0.6 is 0 Å². The predicted octanol–water partition coefficient (Wildman–Crippen LogP) is 2.81. The molecular weight excluding hydrogens is 444 g/mol. The minimum absolute atomic E-state index is 0.00822. The second-order valence-corrected chi connectivity index (χ2v) is 9.17. The topological polar surface area (TPSA) is 118 Å². The van der Waals surface area contributed by atoms with E-state index in [1.54, 1.807) is 11.6 Å². The normalized spacial score (nSPS) is 12.7. The summed E-state index contributed by atoms with van der Waals surface area (Å²) in [6, 6.07) is 15.2. The van der Waals surface area contributed by atoms with Crippen molar-refractivity contribution in [2.75, 3.05) is 40.5 Å². The van der Waals surface area contributed by atoms with Crippen LogP contribution in [0.4, 0.5) is 0 Å². The molecule has 10 heteroatoms. The van der Waals surface area contributed by atoms with Crippen molar-refractivity contribution in [2.24, 2.45) is 7.05 Å². The molecule has 9 nitrogen and oxygen atoms in total. The summed E-state index contributed by atoms with van der Waals surface area (Å²) in [5.41, 5.74) is 1.81. The molecule has 0 saturated carbocycles. The maximum atomic E-state index is 13.1. The fourth-order valence-electron chi connectivity index (χ4n) is 3.39. The maximum Gasteiger partial charge on any atom is 0.243 e. The van der Waals surface area contributed by atoms with Gasteiger partial charge in [0, 0.05) is 39.9 Å². The number of ether oxygens (including phenoxy) is 2. The number of nitrogens with zero attached hydrogens (tertiary/aromatic N) is 4. The first-order valence-electron chi connectivity index (χ1n) is 10.2. The van der Waals surface area contributed by atoms with Crippen LogP contribution in [0.15, 0.2) is 53.4 Å². The number of fused-ring (bicyclic) bond motifs is 1. The molecule has 1 N–H and O–H groups in total. The van der Waals surface area contributed by atoms with Gasteiger partial charge in [-0.25, -0.2) is 13.4 Å². The number of hydrogen-bond donors (Lipinski definition) is 1. The average molecular weight is 471 g/mol. The molecule has 1 heterocycles. The van der Waals surface area contributed by atoms with Crippen LogP contribution in [0.1, 0.15) is 11.4 Å². The summed E-state index contributed by atoms with van der Waals surface area (Å²) in [6.07, 6.45) is 0. The number of imidazole rings is 1. The molecule has 0 aliphatic heterocycles. The summed E-state index contributed by atoms with van der Waals surface area (Å²) in [4.78, 5) is 4.53. The van der Waals surface area contributed by atoms with Crippen molar-refractivity contribution in [3.63, 3.8) is 0 Å². The highest BCUT2D eigenvalue weighted by Crippen LogP contribution is 2.27. The second kappa shape index (κ2) is 10.6. The van der Waals surface area contributed by atoms with Crippen molar-refractivity contribution in [3.05, 3.63) is 59.9 Å². The van der Waals surface area contributed by atoms with Gasteiger partial charge in [0.1, 0.15) is 17.4 Å². The molecule has 0 radical (unpaired) electrons. The number of hydrogen-bond acceptors (Lipinski definition) is 7. The highest BCUT2D eigenvalue weighted by atomic mass is 32.2. The Morgan fingerprint density at radius 1 is 1.09 bits per heavy atom. The molecule has 2 aromatic carbocycles. The van der Waals surface area contributed by atoms with E-state index in [0.29, 0.717) is 16.9 Å². The number of methoxy groups -OCH3 is 2. The van der Waals surface area contributed by atoms with Gasteiger partial charge in [0.15, 0.2) is 5.82 Å². The van der Waals surface area contributed by atoms with Crippen molar-refractivity contribution < 1.29 is 23.0 Å². The Balaban J connectivity index is 1.96. The molecule has 0 aliphatic rings. The molecule has 0 aliphatic carbocycles. The Morgan fingerprint density at radius 2 is 1.70 bits per heavy atom. The zero-order valence-electron chi connectivity index (χ0n) is 18.7. The van der Waals surface area contributed by atoms with Crippen LogP contribution in [0.5, 0.6) is 0 Å².